The monoisotopic (exact) mass is 427 g/mol. The first kappa shape index (κ1) is 21.8. The van der Waals surface area contributed by atoms with E-state index in [2.05, 4.69) is 12.2 Å². The summed E-state index contributed by atoms with van der Waals surface area (Å²) in [4.78, 5) is 37.6. The second-order valence-corrected chi connectivity index (χ2v) is 8.55. The average Bonchev–Trinajstić information content (AvgIpc) is 3.07. The number of methoxy groups -OCH3 is 1. The molecular formula is C23H25NO5S. The van der Waals surface area contributed by atoms with Crippen molar-refractivity contribution < 1.29 is 23.9 Å². The molecule has 0 radical (unpaired) electrons. The van der Waals surface area contributed by atoms with Crippen LogP contribution in [-0.4, -0.2) is 31.6 Å². The molecule has 1 N–H and O–H groups in total. The van der Waals surface area contributed by atoms with Crippen LogP contribution in [0.1, 0.15) is 45.3 Å². The Hall–Kier alpha value is -2.93. The smallest absolute Gasteiger partial charge is 0.341 e. The topological polar surface area (TPSA) is 81.7 Å². The first-order valence-electron chi connectivity index (χ1n) is 9.81. The number of benzene rings is 1. The lowest BCUT2D eigenvalue weighted by Crippen LogP contribution is -2.21. The molecule has 0 saturated carbocycles. The molecule has 0 aliphatic heterocycles. The number of anilines is 1. The minimum atomic E-state index is -0.613. The molecule has 1 aromatic carbocycles. The lowest BCUT2D eigenvalue weighted by Gasteiger charge is -2.18. The number of carbonyl (C=O) groups is 3. The Bertz CT molecular complexity index is 974. The highest BCUT2D eigenvalue weighted by Gasteiger charge is 2.28. The summed E-state index contributed by atoms with van der Waals surface area (Å²) in [5, 5.41) is 3.17. The molecule has 1 atom stereocenters. The molecule has 0 bridgehead atoms. The highest BCUT2D eigenvalue weighted by molar-refractivity contribution is 7.17. The van der Waals surface area contributed by atoms with Gasteiger partial charge in [0.25, 0.3) is 5.91 Å². The summed E-state index contributed by atoms with van der Waals surface area (Å²) in [6.45, 7) is 3.72. The van der Waals surface area contributed by atoms with Gasteiger partial charge in [0.1, 0.15) is 5.00 Å². The maximum absolute atomic E-state index is 12.3. The fourth-order valence-electron chi connectivity index (χ4n) is 3.35. The van der Waals surface area contributed by atoms with Gasteiger partial charge in [-0.2, -0.15) is 0 Å². The Balaban J connectivity index is 1.61. The van der Waals surface area contributed by atoms with Crippen molar-refractivity contribution in [3.05, 3.63) is 57.5 Å². The molecule has 1 aromatic heterocycles. The quantitative estimate of drug-likeness (QED) is 0.553. The number of rotatable bonds is 6. The van der Waals surface area contributed by atoms with Gasteiger partial charge in [0, 0.05) is 11.0 Å². The van der Waals surface area contributed by atoms with Gasteiger partial charge in [-0.25, -0.2) is 9.59 Å². The maximum Gasteiger partial charge on any atom is 0.341 e. The van der Waals surface area contributed by atoms with E-state index in [9.17, 15) is 14.4 Å². The van der Waals surface area contributed by atoms with E-state index in [1.165, 1.54) is 24.5 Å². The van der Waals surface area contributed by atoms with Gasteiger partial charge >= 0.3 is 11.9 Å². The minimum Gasteiger partial charge on any atom is -0.465 e. The Morgan fingerprint density at radius 2 is 1.97 bits per heavy atom. The third kappa shape index (κ3) is 5.36. The van der Waals surface area contributed by atoms with E-state index in [4.69, 9.17) is 9.47 Å². The summed E-state index contributed by atoms with van der Waals surface area (Å²) in [7, 11) is 1.33. The zero-order valence-corrected chi connectivity index (χ0v) is 18.1. The number of thiophene rings is 1. The van der Waals surface area contributed by atoms with E-state index in [0.29, 0.717) is 16.5 Å². The number of hydrogen-bond donors (Lipinski definition) is 1. The van der Waals surface area contributed by atoms with E-state index >= 15 is 0 Å². The van der Waals surface area contributed by atoms with E-state index in [1.54, 1.807) is 6.08 Å². The largest absolute Gasteiger partial charge is 0.465 e. The molecular weight excluding hydrogens is 402 g/mol. The third-order valence-electron chi connectivity index (χ3n) is 4.99. The summed E-state index contributed by atoms with van der Waals surface area (Å²) in [6, 6.07) is 7.66. The number of fused-ring (bicyclic) bond motifs is 1. The molecule has 0 spiro atoms. The Kier molecular flexibility index (Phi) is 7.05. The first-order valence-corrected chi connectivity index (χ1v) is 10.6. The van der Waals surface area contributed by atoms with Crippen LogP contribution in [0.25, 0.3) is 6.08 Å². The van der Waals surface area contributed by atoms with Crippen molar-refractivity contribution in [2.45, 2.75) is 33.1 Å². The average molecular weight is 428 g/mol. The molecule has 6 nitrogen and oxygen atoms in total. The molecule has 1 aliphatic carbocycles. The molecule has 1 amide bonds. The van der Waals surface area contributed by atoms with Gasteiger partial charge in [-0.3, -0.25) is 4.79 Å². The van der Waals surface area contributed by atoms with Crippen LogP contribution < -0.4 is 5.32 Å². The Labute approximate surface area is 179 Å². The summed E-state index contributed by atoms with van der Waals surface area (Å²) >= 11 is 1.39. The summed E-state index contributed by atoms with van der Waals surface area (Å²) in [6.07, 6.45) is 5.56. The number of aryl methyl sites for hydroxylation is 1. The van der Waals surface area contributed by atoms with E-state index in [-0.39, 0.29) is 0 Å². The van der Waals surface area contributed by atoms with Crippen molar-refractivity contribution in [2.75, 3.05) is 19.0 Å². The molecule has 0 fully saturated rings. The van der Waals surface area contributed by atoms with Crippen LogP contribution in [-0.2, 0) is 31.9 Å². The van der Waals surface area contributed by atoms with Gasteiger partial charge in [-0.05, 0) is 49.3 Å². The SMILES string of the molecule is COC(=O)c1c(NC(=O)COC(=O)/C=C/c2ccc(C)cc2)sc2c1CCC(C)C2. The lowest BCUT2D eigenvalue weighted by molar-refractivity contribution is -0.142. The van der Waals surface area contributed by atoms with Crippen LogP contribution in [0.2, 0.25) is 0 Å². The van der Waals surface area contributed by atoms with E-state index in [0.717, 1.165) is 40.8 Å². The number of hydrogen-bond acceptors (Lipinski definition) is 6. The summed E-state index contributed by atoms with van der Waals surface area (Å²) in [5.41, 5.74) is 3.37. The fraction of sp³-hybridized carbons (Fsp3) is 0.348. The van der Waals surface area contributed by atoms with Crippen molar-refractivity contribution in [3.63, 3.8) is 0 Å². The van der Waals surface area contributed by atoms with Crippen LogP contribution in [0.4, 0.5) is 5.00 Å². The number of ether oxygens (including phenoxy) is 2. The van der Waals surface area contributed by atoms with Crippen LogP contribution in [0.15, 0.2) is 30.3 Å². The fourth-order valence-corrected chi connectivity index (χ4v) is 4.76. The van der Waals surface area contributed by atoms with Crippen LogP contribution >= 0.6 is 11.3 Å². The second-order valence-electron chi connectivity index (χ2n) is 7.45. The molecule has 0 saturated heterocycles. The highest BCUT2D eigenvalue weighted by Crippen LogP contribution is 2.40. The van der Waals surface area contributed by atoms with Crippen LogP contribution in [0.5, 0.6) is 0 Å². The van der Waals surface area contributed by atoms with E-state index < -0.39 is 24.5 Å². The summed E-state index contributed by atoms with van der Waals surface area (Å²) in [5.74, 6) is -1.04. The van der Waals surface area contributed by atoms with Gasteiger partial charge in [0.2, 0.25) is 0 Å². The minimum absolute atomic E-state index is 0.420. The molecule has 7 heteroatoms. The predicted octanol–water partition coefficient (Wildman–Crippen LogP) is 4.16. The maximum atomic E-state index is 12.3. The predicted molar refractivity (Wildman–Crippen MR) is 117 cm³/mol. The van der Waals surface area contributed by atoms with E-state index in [1.807, 2.05) is 31.2 Å². The van der Waals surface area contributed by atoms with Gasteiger partial charge in [0.05, 0.1) is 12.7 Å². The van der Waals surface area contributed by atoms with Crippen LogP contribution in [0, 0.1) is 12.8 Å². The number of esters is 2. The number of nitrogens with one attached hydrogen (secondary N) is 1. The van der Waals surface area contributed by atoms with Crippen molar-refractivity contribution in [2.24, 2.45) is 5.92 Å². The second kappa shape index (κ2) is 9.71. The van der Waals surface area contributed by atoms with Crippen molar-refractivity contribution in [1.29, 1.82) is 0 Å². The Morgan fingerprint density at radius 1 is 1.23 bits per heavy atom. The third-order valence-corrected chi connectivity index (χ3v) is 6.16. The molecule has 2 aromatic rings. The van der Waals surface area contributed by atoms with Crippen LogP contribution in [0.3, 0.4) is 0 Å². The van der Waals surface area contributed by atoms with Gasteiger partial charge in [0.15, 0.2) is 6.61 Å². The zero-order chi connectivity index (χ0) is 21.7. The molecule has 30 heavy (non-hydrogen) atoms. The zero-order valence-electron chi connectivity index (χ0n) is 17.3. The molecule has 3 rings (SSSR count). The van der Waals surface area contributed by atoms with Gasteiger partial charge < -0.3 is 14.8 Å². The lowest BCUT2D eigenvalue weighted by atomic mass is 9.88. The molecule has 158 valence electrons. The van der Waals surface area contributed by atoms with Gasteiger partial charge in [-0.15, -0.1) is 11.3 Å². The summed E-state index contributed by atoms with van der Waals surface area (Å²) < 4.78 is 9.93. The van der Waals surface area contributed by atoms with Gasteiger partial charge in [-0.1, -0.05) is 36.8 Å². The molecule has 1 aliphatic rings. The van der Waals surface area contributed by atoms with Crippen molar-refractivity contribution >= 4 is 40.3 Å². The normalized spacial score (nSPS) is 15.5. The first-order chi connectivity index (χ1) is 14.4. The van der Waals surface area contributed by atoms with Crippen molar-refractivity contribution in [1.82, 2.24) is 0 Å². The standard InChI is InChI=1S/C23H25NO5S/c1-14-4-7-16(8-5-14)9-11-20(26)29-13-19(25)24-22-21(23(27)28-3)17-10-6-15(2)12-18(17)30-22/h4-5,7-9,11,15H,6,10,12-13H2,1-3H3,(H,24,25)/b11-9+. The molecule has 1 heterocycles. The Morgan fingerprint density at radius 3 is 2.67 bits per heavy atom. The number of amides is 1. The highest BCUT2D eigenvalue weighted by atomic mass is 32.1. The number of carbonyl (C=O) groups excluding carboxylic acids is 3. The molecule has 1 unspecified atom stereocenters. The van der Waals surface area contributed by atoms with Crippen molar-refractivity contribution in [3.8, 4) is 0 Å².